The maximum Gasteiger partial charge on any atom is 0.231 e. The second kappa shape index (κ2) is 12.1. The van der Waals surface area contributed by atoms with Crippen LogP contribution in [0.15, 0.2) is 128 Å². The van der Waals surface area contributed by atoms with Crippen LogP contribution in [0.3, 0.4) is 0 Å². The quantitative estimate of drug-likeness (QED) is 0.199. The lowest BCUT2D eigenvalue weighted by Crippen LogP contribution is -2.34. The van der Waals surface area contributed by atoms with Gasteiger partial charge in [0.15, 0.2) is 0 Å². The molecule has 5 nitrogen and oxygen atoms in total. The average molecular weight is 578 g/mol. The fourth-order valence-corrected chi connectivity index (χ4v) is 6.08. The third-order valence-corrected chi connectivity index (χ3v) is 8.60. The molecule has 4 heterocycles. The average Bonchev–Trinajstić information content (AvgIpc) is 3.61. The number of aryl methyl sites for hydroxylation is 4. The molecule has 0 unspecified atom stereocenters. The van der Waals surface area contributed by atoms with E-state index in [2.05, 4.69) is 169 Å². The largest absolute Gasteiger partial charge is 0.339 e. The maximum atomic E-state index is 4.21. The summed E-state index contributed by atoms with van der Waals surface area (Å²) in [6, 6.07) is 40.7. The van der Waals surface area contributed by atoms with Crippen LogP contribution in [0.25, 0.3) is 56.2 Å². The molecule has 3 aromatic carbocycles. The number of benzene rings is 3. The highest BCUT2D eigenvalue weighted by molar-refractivity contribution is 5.86. The van der Waals surface area contributed by atoms with Gasteiger partial charge in [0.2, 0.25) is 22.8 Å². The molecule has 0 fully saturated rings. The van der Waals surface area contributed by atoms with Crippen LogP contribution >= 0.6 is 0 Å². The van der Waals surface area contributed by atoms with Crippen LogP contribution in [-0.2, 0) is 28.2 Å². The normalized spacial score (nSPS) is 11.0. The van der Waals surface area contributed by atoms with Crippen LogP contribution in [0.5, 0.6) is 0 Å². The van der Waals surface area contributed by atoms with Crippen LogP contribution in [0.1, 0.15) is 11.1 Å². The highest BCUT2D eigenvalue weighted by atomic mass is 15.1. The monoisotopic (exact) mass is 577 g/mol. The molecule has 0 bridgehead atoms. The molecule has 7 aromatic rings. The summed E-state index contributed by atoms with van der Waals surface area (Å²) in [6.07, 6.45) is 3.73. The number of aromatic nitrogens is 5. The molecule has 44 heavy (non-hydrogen) atoms. The zero-order chi connectivity index (χ0) is 30.8. The highest BCUT2D eigenvalue weighted by Gasteiger charge is 2.21. The van der Waals surface area contributed by atoms with E-state index in [1.807, 2.05) is 24.1 Å². The number of para-hydroxylation sites is 1. The highest BCUT2D eigenvalue weighted by Crippen LogP contribution is 2.28. The molecule has 218 valence electrons. The van der Waals surface area contributed by atoms with Gasteiger partial charge >= 0.3 is 0 Å². The molecular formula is C39H39N5+2. The second-order valence-electron chi connectivity index (χ2n) is 11.4. The first kappa shape index (κ1) is 28.8. The van der Waals surface area contributed by atoms with E-state index in [0.717, 1.165) is 11.4 Å². The van der Waals surface area contributed by atoms with E-state index in [9.17, 15) is 0 Å². The summed E-state index contributed by atoms with van der Waals surface area (Å²) in [4.78, 5) is 4.21. The fraction of sp³-hybridized carbons (Fsp3) is 0.154. The van der Waals surface area contributed by atoms with Crippen molar-refractivity contribution in [2.45, 2.75) is 13.8 Å². The lowest BCUT2D eigenvalue weighted by atomic mass is 10.0. The third kappa shape index (κ3) is 5.33. The predicted octanol–water partition coefficient (Wildman–Crippen LogP) is 7.53. The van der Waals surface area contributed by atoms with E-state index in [1.54, 1.807) is 0 Å². The van der Waals surface area contributed by atoms with Crippen molar-refractivity contribution in [2.24, 2.45) is 28.2 Å². The van der Waals surface area contributed by atoms with Crippen molar-refractivity contribution in [3.63, 3.8) is 0 Å². The van der Waals surface area contributed by atoms with Gasteiger partial charge < -0.3 is 9.13 Å². The minimum atomic E-state index is 1.11. The first-order valence-corrected chi connectivity index (χ1v) is 15.0. The van der Waals surface area contributed by atoms with Crippen molar-refractivity contribution in [2.75, 3.05) is 0 Å². The van der Waals surface area contributed by atoms with Gasteiger partial charge in [0.05, 0.1) is 12.5 Å². The molecule has 0 atom stereocenters. The molecule has 0 aliphatic carbocycles. The van der Waals surface area contributed by atoms with Crippen molar-refractivity contribution in [1.82, 2.24) is 14.1 Å². The van der Waals surface area contributed by atoms with E-state index < -0.39 is 0 Å². The van der Waals surface area contributed by atoms with E-state index in [1.165, 1.54) is 55.9 Å². The first-order valence-electron chi connectivity index (χ1n) is 15.0. The van der Waals surface area contributed by atoms with Gasteiger partial charge in [0.25, 0.3) is 0 Å². The SMILES string of the molecule is Cc1ccccc1-c1cccc(-c2cc3ccccc3n2C)[n+]1C.Cc1ccccc1-c1cccc(-c2cncn2C)[n+]1C. The maximum absolute atomic E-state index is 4.21. The zero-order valence-electron chi connectivity index (χ0n) is 26.4. The van der Waals surface area contributed by atoms with Gasteiger partial charge in [-0.05, 0) is 61.4 Å². The Balaban J connectivity index is 0.000000159. The zero-order valence-corrected chi connectivity index (χ0v) is 26.4. The standard InChI is InChI=1S/C22H21N2.C17H18N3/c1-16-9-4-6-11-18(16)20-13-8-14-21(24(20)3)22-15-17-10-5-7-12-19(17)23(22)2;1-13-7-4-5-8-14(13)15-9-6-10-16(20(15)3)17-11-18-12-19(17)2/h4-15H,1-3H3;4-12H,1-3H3/q2*+1. The Kier molecular flexibility index (Phi) is 7.95. The van der Waals surface area contributed by atoms with Crippen LogP contribution in [0.2, 0.25) is 0 Å². The first-order chi connectivity index (χ1) is 21.3. The lowest BCUT2D eigenvalue weighted by Gasteiger charge is -2.08. The molecular weight excluding hydrogens is 538 g/mol. The third-order valence-electron chi connectivity index (χ3n) is 8.60. The number of nitrogens with zero attached hydrogens (tertiary/aromatic N) is 5. The van der Waals surface area contributed by atoms with Gasteiger partial charge in [-0.15, -0.1) is 0 Å². The molecule has 0 spiro atoms. The molecule has 4 aromatic heterocycles. The van der Waals surface area contributed by atoms with Gasteiger partial charge in [-0.3, -0.25) is 0 Å². The van der Waals surface area contributed by atoms with Crippen LogP contribution in [0.4, 0.5) is 0 Å². The second-order valence-corrected chi connectivity index (χ2v) is 11.4. The number of hydrogen-bond acceptors (Lipinski definition) is 1. The smallest absolute Gasteiger partial charge is 0.231 e. The lowest BCUT2D eigenvalue weighted by molar-refractivity contribution is -0.649. The van der Waals surface area contributed by atoms with Crippen molar-refractivity contribution in [1.29, 1.82) is 0 Å². The van der Waals surface area contributed by atoms with Crippen molar-refractivity contribution < 1.29 is 9.13 Å². The van der Waals surface area contributed by atoms with Crippen molar-refractivity contribution >= 4 is 10.9 Å². The fourth-order valence-electron chi connectivity index (χ4n) is 6.08. The van der Waals surface area contributed by atoms with Gasteiger partial charge in [0, 0.05) is 60.4 Å². The summed E-state index contributed by atoms with van der Waals surface area (Å²) in [6.45, 7) is 4.31. The Morgan fingerprint density at radius 2 is 1.05 bits per heavy atom. The van der Waals surface area contributed by atoms with Crippen LogP contribution in [0, 0.1) is 13.8 Å². The number of fused-ring (bicyclic) bond motifs is 1. The van der Waals surface area contributed by atoms with E-state index in [4.69, 9.17) is 0 Å². The van der Waals surface area contributed by atoms with Crippen LogP contribution in [-0.4, -0.2) is 14.1 Å². The molecule has 0 aliphatic heterocycles. The number of hydrogen-bond donors (Lipinski definition) is 0. The molecule has 0 amide bonds. The summed E-state index contributed by atoms with van der Waals surface area (Å²) in [7, 11) is 8.40. The summed E-state index contributed by atoms with van der Waals surface area (Å²) >= 11 is 0. The summed E-state index contributed by atoms with van der Waals surface area (Å²) in [5.74, 6) is 0. The Morgan fingerprint density at radius 3 is 1.57 bits per heavy atom. The molecule has 7 rings (SSSR count). The van der Waals surface area contributed by atoms with Gasteiger partial charge in [-0.1, -0.05) is 54.6 Å². The number of imidazole rings is 1. The van der Waals surface area contributed by atoms with Crippen molar-refractivity contribution in [3.8, 4) is 45.3 Å². The Morgan fingerprint density at radius 1 is 0.545 bits per heavy atom. The van der Waals surface area contributed by atoms with Gasteiger partial charge in [0.1, 0.15) is 25.5 Å². The van der Waals surface area contributed by atoms with E-state index >= 15 is 0 Å². The van der Waals surface area contributed by atoms with Crippen LogP contribution < -0.4 is 9.13 Å². The Hall–Kier alpha value is -5.29. The minimum Gasteiger partial charge on any atom is -0.339 e. The Bertz CT molecular complexity index is 2100. The van der Waals surface area contributed by atoms with Gasteiger partial charge in [-0.2, -0.15) is 9.13 Å². The molecule has 5 heteroatoms. The van der Waals surface area contributed by atoms with Crippen molar-refractivity contribution in [3.05, 3.63) is 139 Å². The summed E-state index contributed by atoms with van der Waals surface area (Å²) in [5.41, 5.74) is 13.5. The predicted molar refractivity (Wildman–Crippen MR) is 180 cm³/mol. The van der Waals surface area contributed by atoms with Gasteiger partial charge in [-0.25, -0.2) is 4.98 Å². The number of rotatable bonds is 4. The topological polar surface area (TPSA) is 30.5 Å². The Labute approximate surface area is 260 Å². The van der Waals surface area contributed by atoms with E-state index in [-0.39, 0.29) is 0 Å². The number of pyridine rings is 2. The van der Waals surface area contributed by atoms with E-state index in [0.29, 0.717) is 0 Å². The minimum absolute atomic E-state index is 1.11. The summed E-state index contributed by atoms with van der Waals surface area (Å²) < 4.78 is 8.82. The molecule has 0 aliphatic rings. The molecule has 0 radical (unpaired) electrons. The molecule has 0 saturated carbocycles. The summed E-state index contributed by atoms with van der Waals surface area (Å²) in [5, 5.41) is 1.27. The molecule has 0 saturated heterocycles. The molecule has 0 N–H and O–H groups in total.